The van der Waals surface area contributed by atoms with Gasteiger partial charge in [-0.3, -0.25) is 0 Å². The average Bonchev–Trinajstić information content (AvgIpc) is 2.00. The Morgan fingerprint density at radius 1 is 1.42 bits per heavy atom. The van der Waals surface area contributed by atoms with Gasteiger partial charge >= 0.3 is 12.1 Å². The van der Waals surface area contributed by atoms with Gasteiger partial charge in [-0.15, -0.1) is 0 Å². The number of nitrogens with two attached hydrogens (primary N) is 1. The first kappa shape index (κ1) is 10.5. The number of carbonyl (C=O) groups is 2. The van der Waals surface area contributed by atoms with Crippen molar-refractivity contribution in [3.8, 4) is 0 Å². The predicted molar refractivity (Wildman–Crippen MR) is 41.3 cm³/mol. The van der Waals surface area contributed by atoms with Gasteiger partial charge in [0, 0.05) is 0 Å². The van der Waals surface area contributed by atoms with Gasteiger partial charge < -0.3 is 15.2 Å². The lowest BCUT2D eigenvalue weighted by Gasteiger charge is -2.04. The van der Waals surface area contributed by atoms with E-state index in [0.29, 0.717) is 0 Å². The summed E-state index contributed by atoms with van der Waals surface area (Å²) in [4.78, 5) is 20.9. The average molecular weight is 173 g/mol. The Bertz CT molecular complexity index is 200. The van der Waals surface area contributed by atoms with Crippen molar-refractivity contribution in [2.24, 2.45) is 5.73 Å². The van der Waals surface area contributed by atoms with E-state index in [2.05, 4.69) is 21.8 Å². The Balaban J connectivity index is 3.72. The highest BCUT2D eigenvalue weighted by Crippen LogP contribution is 1.95. The van der Waals surface area contributed by atoms with E-state index in [1.165, 1.54) is 0 Å². The third kappa shape index (κ3) is 4.32. The molecule has 0 unspecified atom stereocenters. The van der Waals surface area contributed by atoms with E-state index in [9.17, 15) is 9.59 Å². The maximum absolute atomic E-state index is 10.8. The van der Waals surface area contributed by atoms with Gasteiger partial charge in [0.15, 0.2) is 0 Å². The second-order valence-electron chi connectivity index (χ2n) is 1.93. The molecule has 0 aromatic rings. The molecule has 0 saturated carbocycles. The molecule has 12 heavy (non-hydrogen) atoms. The van der Waals surface area contributed by atoms with Gasteiger partial charge in [-0.25, -0.2) is 9.59 Å². The van der Waals surface area contributed by atoms with Crippen LogP contribution in [0.3, 0.4) is 0 Å². The molecule has 0 aliphatic rings. The highest BCUT2D eigenvalue weighted by atomic mass is 16.6. The van der Waals surface area contributed by atoms with Gasteiger partial charge in [0.1, 0.15) is 6.61 Å². The maximum atomic E-state index is 10.8. The van der Waals surface area contributed by atoms with Crippen molar-refractivity contribution in [3.05, 3.63) is 12.2 Å². The topological polar surface area (TPSA) is 78.6 Å². The van der Waals surface area contributed by atoms with Crippen LogP contribution in [0.15, 0.2) is 12.2 Å². The van der Waals surface area contributed by atoms with Crippen LogP contribution >= 0.6 is 0 Å². The summed E-state index contributed by atoms with van der Waals surface area (Å²) in [7, 11) is 0. The zero-order chi connectivity index (χ0) is 9.56. The van der Waals surface area contributed by atoms with E-state index in [1.54, 1.807) is 6.92 Å². The molecule has 5 nitrogen and oxygen atoms in total. The number of primary amides is 1. The van der Waals surface area contributed by atoms with Crippen molar-refractivity contribution in [1.29, 1.82) is 0 Å². The van der Waals surface area contributed by atoms with Crippen LogP contribution in [0.25, 0.3) is 0 Å². The van der Waals surface area contributed by atoms with E-state index >= 15 is 0 Å². The van der Waals surface area contributed by atoms with Crippen LogP contribution in [0, 0.1) is 0 Å². The first-order valence-electron chi connectivity index (χ1n) is 3.35. The lowest BCUT2D eigenvalue weighted by atomic mass is 10.3. The fourth-order valence-electron chi connectivity index (χ4n) is 0.450. The standard InChI is InChI=1S/C7H11NO4/c1-3-11-6(9)5(2)4-12-7(8)10/h2-4H2,1H3,(H2,8,10). The Hall–Kier alpha value is -1.52. The fraction of sp³-hybridized carbons (Fsp3) is 0.429. The molecule has 0 bridgehead atoms. The molecule has 1 amide bonds. The minimum Gasteiger partial charge on any atom is -0.463 e. The molecule has 0 aliphatic heterocycles. The van der Waals surface area contributed by atoms with Gasteiger partial charge in [-0.05, 0) is 6.92 Å². The number of carbonyl (C=O) groups excluding carboxylic acids is 2. The fourth-order valence-corrected chi connectivity index (χ4v) is 0.450. The zero-order valence-electron chi connectivity index (χ0n) is 6.83. The van der Waals surface area contributed by atoms with E-state index in [1.807, 2.05) is 0 Å². The molecule has 0 fully saturated rings. The third-order valence-corrected chi connectivity index (χ3v) is 0.953. The van der Waals surface area contributed by atoms with E-state index in [4.69, 9.17) is 0 Å². The summed E-state index contributed by atoms with van der Waals surface area (Å²) in [5.41, 5.74) is 4.73. The summed E-state index contributed by atoms with van der Waals surface area (Å²) in [5, 5.41) is 0. The Morgan fingerprint density at radius 2 is 2.00 bits per heavy atom. The Morgan fingerprint density at radius 3 is 2.42 bits per heavy atom. The summed E-state index contributed by atoms with van der Waals surface area (Å²) in [6.07, 6.45) is -0.944. The summed E-state index contributed by atoms with van der Waals surface area (Å²) >= 11 is 0. The number of hydrogen-bond acceptors (Lipinski definition) is 4. The van der Waals surface area contributed by atoms with Crippen LogP contribution in [-0.4, -0.2) is 25.3 Å². The van der Waals surface area contributed by atoms with E-state index in [0.717, 1.165) is 0 Å². The van der Waals surface area contributed by atoms with Crippen molar-refractivity contribution < 1.29 is 19.1 Å². The molecular formula is C7H11NO4. The summed E-state index contributed by atoms with van der Waals surface area (Å²) < 4.78 is 8.87. The van der Waals surface area contributed by atoms with Crippen molar-refractivity contribution in [1.82, 2.24) is 0 Å². The SMILES string of the molecule is C=C(COC(N)=O)C(=O)OCC. The quantitative estimate of drug-likeness (QED) is 0.486. The van der Waals surface area contributed by atoms with Gasteiger partial charge in [0.2, 0.25) is 0 Å². The number of esters is 1. The van der Waals surface area contributed by atoms with E-state index < -0.39 is 12.1 Å². The van der Waals surface area contributed by atoms with Crippen LogP contribution in [0.5, 0.6) is 0 Å². The number of amides is 1. The lowest BCUT2D eigenvalue weighted by molar-refractivity contribution is -0.138. The van der Waals surface area contributed by atoms with Gasteiger partial charge in [0.05, 0.1) is 12.2 Å². The predicted octanol–water partition coefficient (Wildman–Crippen LogP) is 0.201. The second-order valence-corrected chi connectivity index (χ2v) is 1.93. The molecule has 0 spiro atoms. The molecule has 0 rings (SSSR count). The highest BCUT2D eigenvalue weighted by molar-refractivity contribution is 5.88. The van der Waals surface area contributed by atoms with Gasteiger partial charge in [-0.1, -0.05) is 6.58 Å². The van der Waals surface area contributed by atoms with Crippen molar-refractivity contribution >= 4 is 12.1 Å². The summed E-state index contributed by atoms with van der Waals surface area (Å²) in [6, 6.07) is 0. The lowest BCUT2D eigenvalue weighted by Crippen LogP contribution is -2.18. The third-order valence-electron chi connectivity index (χ3n) is 0.953. The molecule has 68 valence electrons. The molecule has 0 aliphatic carbocycles. The molecule has 0 atom stereocenters. The number of rotatable bonds is 4. The molecule has 0 radical (unpaired) electrons. The van der Waals surface area contributed by atoms with Crippen LogP contribution in [0.1, 0.15) is 6.92 Å². The molecule has 2 N–H and O–H groups in total. The molecular weight excluding hydrogens is 162 g/mol. The second kappa shape index (κ2) is 5.17. The van der Waals surface area contributed by atoms with Crippen molar-refractivity contribution in [2.75, 3.05) is 13.2 Å². The first-order chi connectivity index (χ1) is 5.57. The van der Waals surface area contributed by atoms with Crippen LogP contribution < -0.4 is 5.73 Å². The number of hydrogen-bond donors (Lipinski definition) is 1. The Kier molecular flexibility index (Phi) is 4.52. The summed E-state index contributed by atoms with van der Waals surface area (Å²) in [5.74, 6) is -0.584. The monoisotopic (exact) mass is 173 g/mol. The Labute approximate surface area is 70.1 Å². The summed E-state index contributed by atoms with van der Waals surface area (Å²) in [6.45, 7) is 5.04. The molecule has 0 saturated heterocycles. The molecule has 5 heteroatoms. The first-order valence-corrected chi connectivity index (χ1v) is 3.35. The molecule has 0 aromatic carbocycles. The normalized spacial score (nSPS) is 8.75. The number of ether oxygens (including phenoxy) is 2. The minimum atomic E-state index is -0.944. The van der Waals surface area contributed by atoms with Crippen LogP contribution in [0.2, 0.25) is 0 Å². The highest BCUT2D eigenvalue weighted by Gasteiger charge is 2.08. The van der Waals surface area contributed by atoms with Crippen molar-refractivity contribution in [3.63, 3.8) is 0 Å². The largest absolute Gasteiger partial charge is 0.463 e. The molecule has 0 heterocycles. The molecule has 0 aromatic heterocycles. The minimum absolute atomic E-state index is 0.0654. The smallest absolute Gasteiger partial charge is 0.404 e. The van der Waals surface area contributed by atoms with Gasteiger partial charge in [0.25, 0.3) is 0 Å². The van der Waals surface area contributed by atoms with Crippen LogP contribution in [0.4, 0.5) is 4.79 Å². The maximum Gasteiger partial charge on any atom is 0.404 e. The van der Waals surface area contributed by atoms with Crippen molar-refractivity contribution in [2.45, 2.75) is 6.92 Å². The van der Waals surface area contributed by atoms with E-state index in [-0.39, 0.29) is 18.8 Å². The van der Waals surface area contributed by atoms with Crippen LogP contribution in [-0.2, 0) is 14.3 Å². The van der Waals surface area contributed by atoms with Gasteiger partial charge in [-0.2, -0.15) is 0 Å². The zero-order valence-corrected chi connectivity index (χ0v) is 6.83.